The number of nitrogens with one attached hydrogen (secondary N) is 1. The van der Waals surface area contributed by atoms with Gasteiger partial charge in [-0.15, -0.1) is 0 Å². The molecule has 1 N–H and O–H groups in total. The minimum Gasteiger partial charge on any atom is -1.00 e. The first kappa shape index (κ1) is 26.2. The summed E-state index contributed by atoms with van der Waals surface area (Å²) < 4.78 is 7.27. The van der Waals surface area contributed by atoms with Gasteiger partial charge in [-0.1, -0.05) is 55.3 Å². The van der Waals surface area contributed by atoms with Crippen LogP contribution in [0, 0.1) is 0 Å². The molecule has 0 aromatic heterocycles. The van der Waals surface area contributed by atoms with E-state index in [1.807, 2.05) is 48.5 Å². The van der Waals surface area contributed by atoms with Crippen LogP contribution in [0.4, 0.5) is 0 Å². The lowest BCUT2D eigenvalue weighted by Gasteiger charge is -2.44. The molecule has 2 aromatic rings. The molecule has 1 fully saturated rings. The van der Waals surface area contributed by atoms with E-state index in [1.165, 1.54) is 56.1 Å². The van der Waals surface area contributed by atoms with Crippen LogP contribution in [-0.4, -0.2) is 42.6 Å². The van der Waals surface area contributed by atoms with Crippen molar-refractivity contribution in [3.63, 3.8) is 0 Å². The van der Waals surface area contributed by atoms with Crippen LogP contribution >= 0.6 is 0 Å². The van der Waals surface area contributed by atoms with Crippen LogP contribution < -0.4 is 34.0 Å². The topological polar surface area (TPSA) is 38.3 Å². The number of carbonyl (C=O) groups is 1. The van der Waals surface area contributed by atoms with E-state index in [0.29, 0.717) is 0 Å². The Kier molecular flexibility index (Phi) is 8.92. The number of allylic oxidation sites excluding steroid dienone is 1. The van der Waals surface area contributed by atoms with E-state index in [0.717, 1.165) is 48.6 Å². The van der Waals surface area contributed by atoms with Gasteiger partial charge in [0.05, 0.1) is 25.6 Å². The van der Waals surface area contributed by atoms with Crippen LogP contribution in [0.1, 0.15) is 75.3 Å². The fraction of sp³-hybridized carbons (Fsp3) is 0.500. The Morgan fingerprint density at radius 1 is 0.943 bits per heavy atom. The second-order valence-electron chi connectivity index (χ2n) is 10.5. The molecule has 2 heterocycles. The van der Waals surface area contributed by atoms with Crippen molar-refractivity contribution in [3.05, 3.63) is 71.3 Å². The van der Waals surface area contributed by atoms with Gasteiger partial charge in [0.2, 0.25) is 5.91 Å². The van der Waals surface area contributed by atoms with Crippen LogP contribution in [0.3, 0.4) is 0 Å². The lowest BCUT2D eigenvalue weighted by Crippen LogP contribution is -3.00. The van der Waals surface area contributed by atoms with Crippen molar-refractivity contribution in [3.8, 4) is 11.5 Å². The van der Waals surface area contributed by atoms with Crippen molar-refractivity contribution in [2.75, 3.05) is 26.2 Å². The molecule has 1 aliphatic carbocycles. The maximum absolute atomic E-state index is 13.6. The standard InChI is InChI=1S/C30H38N2O2.HI/c1-2-32(22-23-12-6-4-3-5-7-13-23)20-18-24(19-21-32)31-30(33)29-25-14-8-10-16-27(25)34-28-17-11-9-15-26(28)29;/h8-12,14-17,24,29H,2-7,13,18-22H2,1H3;1H/b23-12+;/t24-,32-;. The molecule has 0 spiro atoms. The highest BCUT2D eigenvalue weighted by Crippen LogP contribution is 2.44. The number of hydrogen-bond acceptors (Lipinski definition) is 2. The summed E-state index contributed by atoms with van der Waals surface area (Å²) in [4.78, 5) is 13.6. The third-order valence-corrected chi connectivity index (χ3v) is 8.29. The van der Waals surface area contributed by atoms with Crippen LogP contribution in [0.2, 0.25) is 0 Å². The lowest BCUT2D eigenvalue weighted by atomic mass is 9.86. The number of benzene rings is 2. The predicted octanol–water partition coefficient (Wildman–Crippen LogP) is 3.32. The average Bonchev–Trinajstić information content (AvgIpc) is 2.85. The number of quaternary nitrogens is 1. The molecule has 5 heteroatoms. The van der Waals surface area contributed by atoms with Gasteiger partial charge < -0.3 is 38.5 Å². The van der Waals surface area contributed by atoms with E-state index in [1.54, 1.807) is 5.57 Å². The van der Waals surface area contributed by atoms with E-state index in [9.17, 15) is 4.79 Å². The number of fused-ring (bicyclic) bond motifs is 2. The van der Waals surface area contributed by atoms with Gasteiger partial charge in [-0.3, -0.25) is 4.79 Å². The van der Waals surface area contributed by atoms with Crippen molar-refractivity contribution in [1.82, 2.24) is 5.32 Å². The number of piperidine rings is 1. The average molecular weight is 587 g/mol. The summed E-state index contributed by atoms with van der Waals surface area (Å²) in [5.41, 5.74) is 3.60. The third kappa shape index (κ3) is 5.93. The molecule has 0 unspecified atom stereocenters. The van der Waals surface area contributed by atoms with E-state index in [2.05, 4.69) is 18.3 Å². The number of halogens is 1. The Morgan fingerprint density at radius 3 is 2.23 bits per heavy atom. The Morgan fingerprint density at radius 2 is 1.57 bits per heavy atom. The Hall–Kier alpha value is -1.86. The van der Waals surface area contributed by atoms with Gasteiger partial charge in [0.1, 0.15) is 18.0 Å². The summed E-state index contributed by atoms with van der Waals surface area (Å²) in [5, 5.41) is 3.44. The summed E-state index contributed by atoms with van der Waals surface area (Å²) in [6, 6.07) is 16.2. The highest BCUT2D eigenvalue weighted by Gasteiger charge is 2.37. The smallest absolute Gasteiger partial charge is 0.232 e. The van der Waals surface area contributed by atoms with E-state index >= 15 is 0 Å². The maximum Gasteiger partial charge on any atom is 0.232 e. The van der Waals surface area contributed by atoms with Crippen LogP contribution in [0.5, 0.6) is 11.5 Å². The number of likely N-dealkylation sites (tertiary alicyclic amines) is 1. The molecule has 188 valence electrons. The number of hydrogen-bond donors (Lipinski definition) is 1. The minimum absolute atomic E-state index is 0. The zero-order valence-corrected chi connectivity index (χ0v) is 23.1. The van der Waals surface area contributed by atoms with Gasteiger partial charge >= 0.3 is 0 Å². The number of amides is 1. The summed E-state index contributed by atoms with van der Waals surface area (Å²) in [6.07, 6.45) is 12.7. The zero-order valence-electron chi connectivity index (χ0n) is 21.0. The molecule has 0 atom stereocenters. The molecule has 4 nitrogen and oxygen atoms in total. The Labute approximate surface area is 227 Å². The van der Waals surface area contributed by atoms with Crippen LogP contribution in [0.25, 0.3) is 0 Å². The number of nitrogens with zero attached hydrogens (tertiary/aromatic N) is 1. The fourth-order valence-electron chi connectivity index (χ4n) is 6.16. The predicted molar refractivity (Wildman–Crippen MR) is 137 cm³/mol. The van der Waals surface area contributed by atoms with Crippen LogP contribution in [0.15, 0.2) is 60.2 Å². The quantitative estimate of drug-likeness (QED) is 0.332. The van der Waals surface area contributed by atoms with Gasteiger partial charge in [0, 0.05) is 30.0 Å². The van der Waals surface area contributed by atoms with E-state index in [-0.39, 0.29) is 41.8 Å². The molecule has 5 rings (SSSR count). The molecule has 35 heavy (non-hydrogen) atoms. The highest BCUT2D eigenvalue weighted by molar-refractivity contribution is 5.89. The van der Waals surface area contributed by atoms with Gasteiger partial charge in [0.25, 0.3) is 0 Å². The molecule has 2 aliphatic heterocycles. The number of rotatable bonds is 5. The first-order chi connectivity index (χ1) is 16.7. The van der Waals surface area contributed by atoms with Gasteiger partial charge in [-0.05, 0) is 50.3 Å². The van der Waals surface area contributed by atoms with Crippen molar-refractivity contribution in [2.24, 2.45) is 0 Å². The molecule has 0 saturated carbocycles. The van der Waals surface area contributed by atoms with Crippen molar-refractivity contribution in [2.45, 2.75) is 70.3 Å². The zero-order chi connectivity index (χ0) is 23.4. The molecule has 0 radical (unpaired) electrons. The van der Waals surface area contributed by atoms with Gasteiger partial charge in [-0.2, -0.15) is 0 Å². The molecule has 1 saturated heterocycles. The number of likely N-dealkylation sites (N-methyl/N-ethyl adjacent to an activating group) is 1. The van der Waals surface area contributed by atoms with Crippen molar-refractivity contribution < 1.29 is 38.0 Å². The first-order valence-corrected chi connectivity index (χ1v) is 13.4. The summed E-state index contributed by atoms with van der Waals surface area (Å²) in [5.74, 6) is 1.37. The molecule has 3 aliphatic rings. The van der Waals surface area contributed by atoms with Gasteiger partial charge in [0.15, 0.2) is 0 Å². The number of para-hydroxylation sites is 2. The second-order valence-corrected chi connectivity index (χ2v) is 10.5. The van der Waals surface area contributed by atoms with Crippen molar-refractivity contribution in [1.29, 1.82) is 0 Å². The van der Waals surface area contributed by atoms with Crippen molar-refractivity contribution >= 4 is 5.91 Å². The minimum atomic E-state index is -0.312. The Balaban J connectivity index is 0.00000289. The van der Waals surface area contributed by atoms with Gasteiger partial charge in [-0.25, -0.2) is 0 Å². The molecule has 1 amide bonds. The first-order valence-electron chi connectivity index (χ1n) is 13.4. The normalized spacial score (nSPS) is 25.9. The number of carbonyl (C=O) groups excluding carboxylic acids is 1. The fourth-order valence-corrected chi connectivity index (χ4v) is 6.16. The summed E-state index contributed by atoms with van der Waals surface area (Å²) >= 11 is 0. The second kappa shape index (κ2) is 11.9. The molecule has 2 aromatic carbocycles. The Bertz CT molecular complexity index is 997. The lowest BCUT2D eigenvalue weighted by molar-refractivity contribution is -0.927. The molecule has 0 bridgehead atoms. The SMILES string of the molecule is CC[N@+]1(C/C2=C/CCCCCC2)CC[C@H](NC(=O)C2c3ccccc3Oc3ccccc32)CC1.[I-]. The van der Waals surface area contributed by atoms with E-state index < -0.39 is 0 Å². The largest absolute Gasteiger partial charge is 1.00 e. The monoisotopic (exact) mass is 586 g/mol. The summed E-state index contributed by atoms with van der Waals surface area (Å²) in [6.45, 7) is 7.04. The van der Waals surface area contributed by atoms with E-state index in [4.69, 9.17) is 4.74 Å². The number of ether oxygens (including phenoxy) is 1. The molecular weight excluding hydrogens is 547 g/mol. The maximum atomic E-state index is 13.6. The highest BCUT2D eigenvalue weighted by atomic mass is 127. The molecular formula is C30H39IN2O2. The summed E-state index contributed by atoms with van der Waals surface area (Å²) in [7, 11) is 0. The third-order valence-electron chi connectivity index (χ3n) is 8.29. The van der Waals surface area contributed by atoms with Crippen LogP contribution in [-0.2, 0) is 4.79 Å².